The Balaban J connectivity index is 1.55. The summed E-state index contributed by atoms with van der Waals surface area (Å²) in [6.45, 7) is 4.58. The summed E-state index contributed by atoms with van der Waals surface area (Å²) in [6.07, 6.45) is 4.30. The summed E-state index contributed by atoms with van der Waals surface area (Å²) in [5.74, 6) is -0.301. The number of ether oxygens (including phenoxy) is 1. The Morgan fingerprint density at radius 1 is 1.32 bits per heavy atom. The molecule has 25 heavy (non-hydrogen) atoms. The Labute approximate surface area is 148 Å². The lowest BCUT2D eigenvalue weighted by Crippen LogP contribution is -2.40. The number of furan rings is 1. The molecule has 2 aromatic heterocycles. The number of aryl methyl sites for hydroxylation is 1. The van der Waals surface area contributed by atoms with Gasteiger partial charge in [0.2, 0.25) is 0 Å². The first-order valence-electron chi connectivity index (χ1n) is 7.75. The average molecular weight is 362 g/mol. The minimum atomic E-state index is -0.458. The molecule has 132 valence electrons. The van der Waals surface area contributed by atoms with Gasteiger partial charge in [0.1, 0.15) is 10.6 Å². The normalized spacial score (nSPS) is 14.7. The summed E-state index contributed by atoms with van der Waals surface area (Å²) < 4.78 is 10.4. The number of hydrogen-bond acceptors (Lipinski definition) is 7. The van der Waals surface area contributed by atoms with E-state index in [4.69, 9.17) is 9.15 Å². The van der Waals surface area contributed by atoms with E-state index in [1.165, 1.54) is 29.8 Å². The monoisotopic (exact) mass is 362 g/mol. The van der Waals surface area contributed by atoms with Gasteiger partial charge >= 0.3 is 0 Å². The fraction of sp³-hybridized carbons (Fsp3) is 0.312. The van der Waals surface area contributed by atoms with Crippen molar-refractivity contribution in [2.24, 2.45) is 0 Å². The minimum absolute atomic E-state index is 0.394. The molecule has 2 amide bonds. The Morgan fingerprint density at radius 2 is 2.12 bits per heavy atom. The van der Waals surface area contributed by atoms with Crippen molar-refractivity contribution in [3.05, 3.63) is 40.8 Å². The van der Waals surface area contributed by atoms with Crippen molar-refractivity contribution in [1.29, 1.82) is 0 Å². The molecule has 3 rings (SSSR count). The third kappa shape index (κ3) is 4.46. The van der Waals surface area contributed by atoms with Gasteiger partial charge in [0.05, 0.1) is 25.2 Å². The highest BCUT2D eigenvalue weighted by Gasteiger charge is 2.20. The van der Waals surface area contributed by atoms with Crippen LogP contribution in [0.25, 0.3) is 6.08 Å². The molecule has 1 saturated heterocycles. The Kier molecular flexibility index (Phi) is 5.46. The first kappa shape index (κ1) is 17.2. The standard InChI is InChI=1S/C16H18N4O4S/c1-11-14(25-16(17-11)20-6-9-23-10-7-20)15(22)19-18-13(21)5-4-12-3-2-8-24-12/h2-5,8H,6-7,9-10H2,1H3,(H,18,21)(H,19,22)/b5-4+. The van der Waals surface area contributed by atoms with Gasteiger partial charge in [0.15, 0.2) is 5.13 Å². The van der Waals surface area contributed by atoms with E-state index >= 15 is 0 Å². The highest BCUT2D eigenvalue weighted by atomic mass is 32.1. The van der Waals surface area contributed by atoms with Crippen LogP contribution in [0.2, 0.25) is 0 Å². The number of hydrazine groups is 1. The van der Waals surface area contributed by atoms with Crippen LogP contribution in [0, 0.1) is 6.92 Å². The Morgan fingerprint density at radius 3 is 2.84 bits per heavy atom. The molecule has 0 unspecified atom stereocenters. The fourth-order valence-corrected chi connectivity index (χ4v) is 3.26. The van der Waals surface area contributed by atoms with Gasteiger partial charge < -0.3 is 14.1 Å². The summed E-state index contributed by atoms with van der Waals surface area (Å²) in [5, 5.41) is 0.787. The van der Waals surface area contributed by atoms with Gasteiger partial charge in [0, 0.05) is 19.2 Å². The molecule has 0 saturated carbocycles. The van der Waals surface area contributed by atoms with Crippen LogP contribution >= 0.6 is 11.3 Å². The van der Waals surface area contributed by atoms with Crippen molar-refractivity contribution in [3.63, 3.8) is 0 Å². The van der Waals surface area contributed by atoms with Crippen LogP contribution in [0.15, 0.2) is 28.9 Å². The first-order chi connectivity index (χ1) is 12.1. The van der Waals surface area contributed by atoms with Gasteiger partial charge in [-0.2, -0.15) is 0 Å². The first-order valence-corrected chi connectivity index (χ1v) is 8.57. The maximum absolute atomic E-state index is 12.3. The number of hydrogen-bond donors (Lipinski definition) is 2. The van der Waals surface area contributed by atoms with Crippen LogP contribution in [-0.2, 0) is 9.53 Å². The molecule has 0 bridgehead atoms. The number of amides is 2. The van der Waals surface area contributed by atoms with Gasteiger partial charge in [-0.1, -0.05) is 11.3 Å². The van der Waals surface area contributed by atoms with Gasteiger partial charge in [-0.05, 0) is 25.1 Å². The summed E-state index contributed by atoms with van der Waals surface area (Å²) in [7, 11) is 0. The predicted octanol–water partition coefficient (Wildman–Crippen LogP) is 1.36. The SMILES string of the molecule is Cc1nc(N2CCOCC2)sc1C(=O)NNC(=O)/C=C/c1ccco1. The molecule has 1 fully saturated rings. The summed E-state index contributed by atoms with van der Waals surface area (Å²) >= 11 is 1.30. The van der Waals surface area contributed by atoms with Gasteiger partial charge in [-0.25, -0.2) is 4.98 Å². The minimum Gasteiger partial charge on any atom is -0.465 e. The smallest absolute Gasteiger partial charge is 0.281 e. The molecular weight excluding hydrogens is 344 g/mol. The van der Waals surface area contributed by atoms with Crippen LogP contribution in [-0.4, -0.2) is 43.1 Å². The third-order valence-corrected chi connectivity index (χ3v) is 4.73. The molecule has 0 aliphatic carbocycles. The molecule has 0 spiro atoms. The number of nitrogens with zero attached hydrogens (tertiary/aromatic N) is 2. The number of thiazole rings is 1. The largest absolute Gasteiger partial charge is 0.465 e. The van der Waals surface area contributed by atoms with E-state index in [1.54, 1.807) is 19.1 Å². The quantitative estimate of drug-likeness (QED) is 0.630. The number of rotatable bonds is 4. The van der Waals surface area contributed by atoms with Crippen LogP contribution in [0.1, 0.15) is 21.1 Å². The average Bonchev–Trinajstić information content (AvgIpc) is 3.28. The molecule has 9 heteroatoms. The van der Waals surface area contributed by atoms with Gasteiger partial charge in [-0.3, -0.25) is 20.4 Å². The topological polar surface area (TPSA) is 96.7 Å². The number of anilines is 1. The zero-order valence-corrected chi connectivity index (χ0v) is 14.5. The van der Waals surface area contributed by atoms with E-state index in [0.29, 0.717) is 29.5 Å². The molecular formula is C16H18N4O4S. The van der Waals surface area contributed by atoms with E-state index in [2.05, 4.69) is 20.7 Å². The zero-order chi connectivity index (χ0) is 17.6. The molecule has 8 nitrogen and oxygen atoms in total. The van der Waals surface area contributed by atoms with E-state index in [1.807, 2.05) is 0 Å². The number of morpholine rings is 1. The van der Waals surface area contributed by atoms with E-state index in [0.717, 1.165) is 18.2 Å². The predicted molar refractivity (Wildman–Crippen MR) is 93.2 cm³/mol. The molecule has 2 aromatic rings. The van der Waals surface area contributed by atoms with Crippen LogP contribution in [0.5, 0.6) is 0 Å². The lowest BCUT2D eigenvalue weighted by atomic mass is 10.4. The second-order valence-corrected chi connectivity index (χ2v) is 6.28. The molecule has 3 heterocycles. The van der Waals surface area contributed by atoms with Crippen molar-refractivity contribution in [3.8, 4) is 0 Å². The maximum atomic E-state index is 12.3. The van der Waals surface area contributed by atoms with Crippen molar-refractivity contribution >= 4 is 34.4 Å². The van der Waals surface area contributed by atoms with Crippen molar-refractivity contribution in [1.82, 2.24) is 15.8 Å². The number of aromatic nitrogens is 1. The lowest BCUT2D eigenvalue weighted by Gasteiger charge is -2.25. The highest BCUT2D eigenvalue weighted by Crippen LogP contribution is 2.26. The Hall–Kier alpha value is -2.65. The number of carbonyl (C=O) groups is 2. The maximum Gasteiger partial charge on any atom is 0.281 e. The number of nitrogens with one attached hydrogen (secondary N) is 2. The fourth-order valence-electron chi connectivity index (χ4n) is 2.24. The van der Waals surface area contributed by atoms with E-state index in [-0.39, 0.29) is 0 Å². The summed E-state index contributed by atoms with van der Waals surface area (Å²) in [4.78, 5) is 31.0. The summed E-state index contributed by atoms with van der Waals surface area (Å²) in [6, 6.07) is 3.44. The van der Waals surface area contributed by atoms with Crippen LogP contribution < -0.4 is 15.8 Å². The highest BCUT2D eigenvalue weighted by molar-refractivity contribution is 7.17. The molecule has 2 N–H and O–H groups in total. The van der Waals surface area contributed by atoms with Gasteiger partial charge in [0.25, 0.3) is 11.8 Å². The molecule has 1 aliphatic heterocycles. The zero-order valence-electron chi connectivity index (χ0n) is 13.7. The lowest BCUT2D eigenvalue weighted by molar-refractivity contribution is -0.117. The second-order valence-electron chi connectivity index (χ2n) is 5.30. The molecule has 0 atom stereocenters. The molecule has 1 aliphatic rings. The summed E-state index contributed by atoms with van der Waals surface area (Å²) in [5.41, 5.74) is 5.36. The van der Waals surface area contributed by atoms with E-state index < -0.39 is 11.8 Å². The Bertz CT molecular complexity index is 763. The van der Waals surface area contributed by atoms with Crippen molar-refractivity contribution in [2.45, 2.75) is 6.92 Å². The van der Waals surface area contributed by atoms with Crippen LogP contribution in [0.4, 0.5) is 5.13 Å². The van der Waals surface area contributed by atoms with Crippen LogP contribution in [0.3, 0.4) is 0 Å². The molecule has 0 radical (unpaired) electrons. The van der Waals surface area contributed by atoms with E-state index in [9.17, 15) is 9.59 Å². The third-order valence-electron chi connectivity index (χ3n) is 3.51. The van der Waals surface area contributed by atoms with Crippen molar-refractivity contribution < 1.29 is 18.7 Å². The van der Waals surface area contributed by atoms with Crippen molar-refractivity contribution in [2.75, 3.05) is 31.2 Å². The number of carbonyl (C=O) groups excluding carboxylic acids is 2. The molecule has 0 aromatic carbocycles. The van der Waals surface area contributed by atoms with Gasteiger partial charge in [-0.15, -0.1) is 0 Å². The second kappa shape index (κ2) is 7.95.